The molecule has 0 saturated heterocycles. The fourth-order valence-electron chi connectivity index (χ4n) is 2.06. The van der Waals surface area contributed by atoms with E-state index in [-0.39, 0.29) is 22.6 Å². The van der Waals surface area contributed by atoms with Crippen molar-refractivity contribution in [3.63, 3.8) is 0 Å². The molecule has 0 aliphatic heterocycles. The van der Waals surface area contributed by atoms with Crippen molar-refractivity contribution in [3.05, 3.63) is 46.1 Å². The topological polar surface area (TPSA) is 60.4 Å². The van der Waals surface area contributed by atoms with Crippen molar-refractivity contribution in [1.29, 1.82) is 0 Å². The van der Waals surface area contributed by atoms with Gasteiger partial charge in [0.05, 0.1) is 22.5 Å². The number of hydrogen-bond acceptors (Lipinski definition) is 4. The molecule has 23 heavy (non-hydrogen) atoms. The van der Waals surface area contributed by atoms with E-state index < -0.39 is 17.5 Å². The lowest BCUT2D eigenvalue weighted by molar-refractivity contribution is 0.0962. The van der Waals surface area contributed by atoms with Gasteiger partial charge in [0.1, 0.15) is 5.82 Å². The van der Waals surface area contributed by atoms with Crippen LogP contribution in [0.25, 0.3) is 10.2 Å². The number of halogens is 2. The molecule has 0 fully saturated rings. The highest BCUT2D eigenvalue weighted by atomic mass is 32.1. The third kappa shape index (κ3) is 2.78. The number of carbonyl (C=O) groups excluding carboxylic acids is 1. The number of rotatable bonds is 2. The minimum absolute atomic E-state index is 0.00982. The van der Waals surface area contributed by atoms with Crippen LogP contribution in [-0.4, -0.2) is 15.6 Å². The Morgan fingerprint density at radius 1 is 1.48 bits per heavy atom. The number of nitrogens with zero attached hydrogens (tertiary/aromatic N) is 3. The van der Waals surface area contributed by atoms with Gasteiger partial charge >= 0.3 is 5.91 Å². The van der Waals surface area contributed by atoms with Crippen LogP contribution in [0, 0.1) is 30.9 Å². The maximum Gasteiger partial charge on any atom is 0.318 e. The Labute approximate surface area is 132 Å². The quantitative estimate of drug-likeness (QED) is 0.678. The summed E-state index contributed by atoms with van der Waals surface area (Å²) in [5.74, 6) is 0.161. The van der Waals surface area contributed by atoms with E-state index in [2.05, 4.69) is 16.1 Å². The van der Waals surface area contributed by atoms with Crippen LogP contribution in [0.15, 0.2) is 27.7 Å². The number of hydrogen-bond donors (Lipinski definition) is 0. The molecular weight excluding hydrogens is 324 g/mol. The van der Waals surface area contributed by atoms with Gasteiger partial charge in [0.15, 0.2) is 10.6 Å². The van der Waals surface area contributed by atoms with Gasteiger partial charge in [-0.2, -0.15) is 4.99 Å². The van der Waals surface area contributed by atoms with Crippen molar-refractivity contribution in [1.82, 2.24) is 9.72 Å². The molecule has 1 aromatic carbocycles. The predicted octanol–water partition coefficient (Wildman–Crippen LogP) is 2.65. The van der Waals surface area contributed by atoms with E-state index >= 15 is 0 Å². The molecule has 1 amide bonds. The second-order valence-electron chi connectivity index (χ2n) is 4.66. The Kier molecular flexibility index (Phi) is 3.80. The van der Waals surface area contributed by atoms with Gasteiger partial charge in [-0.15, -0.1) is 6.42 Å². The first-order chi connectivity index (χ1) is 11.0. The maximum atomic E-state index is 14.0. The molecule has 0 bridgehead atoms. The molecule has 0 atom stereocenters. The largest absolute Gasteiger partial charge is 0.351 e. The Bertz CT molecular complexity index is 1020. The SMILES string of the molecule is C#CCn1c(=NC(=O)c2cc(C)no2)sc2cc(F)cc(F)c21. The van der Waals surface area contributed by atoms with Gasteiger partial charge in [0, 0.05) is 12.1 Å². The Balaban J connectivity index is 2.22. The fourth-order valence-corrected chi connectivity index (χ4v) is 3.13. The van der Waals surface area contributed by atoms with E-state index in [9.17, 15) is 13.6 Å². The first-order valence-electron chi connectivity index (χ1n) is 6.44. The van der Waals surface area contributed by atoms with E-state index in [4.69, 9.17) is 10.9 Å². The molecule has 0 aliphatic carbocycles. The van der Waals surface area contributed by atoms with Crippen LogP contribution in [0.4, 0.5) is 8.78 Å². The van der Waals surface area contributed by atoms with Crippen LogP contribution in [-0.2, 0) is 6.54 Å². The summed E-state index contributed by atoms with van der Waals surface area (Å²) in [6, 6.07) is 3.36. The van der Waals surface area contributed by atoms with Crippen LogP contribution < -0.4 is 4.80 Å². The number of benzene rings is 1. The smallest absolute Gasteiger partial charge is 0.318 e. The van der Waals surface area contributed by atoms with Crippen LogP contribution in [0.5, 0.6) is 0 Å². The number of aromatic nitrogens is 2. The van der Waals surface area contributed by atoms with Crippen molar-refractivity contribution < 1.29 is 18.1 Å². The van der Waals surface area contributed by atoms with Gasteiger partial charge in [0.25, 0.3) is 0 Å². The van der Waals surface area contributed by atoms with E-state index in [1.54, 1.807) is 6.92 Å². The summed E-state index contributed by atoms with van der Waals surface area (Å²) >= 11 is 0.960. The number of thiazole rings is 1. The fraction of sp³-hybridized carbons (Fsp3) is 0.133. The zero-order valence-corrected chi connectivity index (χ0v) is 12.7. The molecule has 0 saturated carbocycles. The Morgan fingerprint density at radius 2 is 2.26 bits per heavy atom. The van der Waals surface area contributed by atoms with Gasteiger partial charge in [-0.3, -0.25) is 4.79 Å². The lowest BCUT2D eigenvalue weighted by Crippen LogP contribution is -2.16. The monoisotopic (exact) mass is 333 g/mol. The molecule has 116 valence electrons. The van der Waals surface area contributed by atoms with Crippen molar-refractivity contribution >= 4 is 27.5 Å². The minimum atomic E-state index is -0.768. The van der Waals surface area contributed by atoms with Gasteiger partial charge < -0.3 is 9.09 Å². The standard InChI is InChI=1S/C15H9F2N3O2S/c1-3-4-20-13-10(17)6-9(16)7-12(13)23-15(20)18-14(21)11-5-8(2)19-22-11/h1,5-7H,4H2,2H3. The zero-order valence-electron chi connectivity index (χ0n) is 11.8. The van der Waals surface area contributed by atoms with E-state index in [1.165, 1.54) is 10.6 Å². The molecule has 0 radical (unpaired) electrons. The lowest BCUT2D eigenvalue weighted by Gasteiger charge is -2.00. The van der Waals surface area contributed by atoms with E-state index in [0.717, 1.165) is 23.5 Å². The van der Waals surface area contributed by atoms with Crippen LogP contribution in [0.2, 0.25) is 0 Å². The van der Waals surface area contributed by atoms with Gasteiger partial charge in [-0.05, 0) is 13.0 Å². The minimum Gasteiger partial charge on any atom is -0.351 e. The highest BCUT2D eigenvalue weighted by Gasteiger charge is 2.15. The van der Waals surface area contributed by atoms with Crippen LogP contribution in [0.1, 0.15) is 16.2 Å². The van der Waals surface area contributed by atoms with Gasteiger partial charge in [0.2, 0.25) is 5.76 Å². The average Bonchev–Trinajstić information content (AvgIpc) is 3.04. The van der Waals surface area contributed by atoms with Crippen LogP contribution in [0.3, 0.4) is 0 Å². The molecule has 0 N–H and O–H groups in total. The molecule has 3 rings (SSSR count). The summed E-state index contributed by atoms with van der Waals surface area (Å²) in [7, 11) is 0. The number of amides is 1. The second kappa shape index (κ2) is 5.78. The summed E-state index contributed by atoms with van der Waals surface area (Å²) in [4.78, 5) is 16.1. The summed E-state index contributed by atoms with van der Waals surface area (Å²) < 4.78 is 33.9. The van der Waals surface area contributed by atoms with Crippen molar-refractivity contribution in [2.45, 2.75) is 13.5 Å². The maximum absolute atomic E-state index is 14.0. The number of terminal acetylenes is 1. The normalized spacial score (nSPS) is 11.8. The van der Waals surface area contributed by atoms with Crippen molar-refractivity contribution in [2.24, 2.45) is 4.99 Å². The molecule has 2 aromatic heterocycles. The highest BCUT2D eigenvalue weighted by molar-refractivity contribution is 7.16. The number of fused-ring (bicyclic) bond motifs is 1. The van der Waals surface area contributed by atoms with Gasteiger partial charge in [-0.25, -0.2) is 8.78 Å². The molecule has 0 unspecified atom stereocenters. The van der Waals surface area contributed by atoms with Crippen molar-refractivity contribution in [2.75, 3.05) is 0 Å². The average molecular weight is 333 g/mol. The number of aryl methyl sites for hydroxylation is 1. The third-order valence-corrected chi connectivity index (χ3v) is 4.01. The first-order valence-corrected chi connectivity index (χ1v) is 7.25. The molecule has 0 aliphatic rings. The lowest BCUT2D eigenvalue weighted by atomic mass is 10.3. The van der Waals surface area contributed by atoms with Gasteiger partial charge in [-0.1, -0.05) is 22.4 Å². The zero-order chi connectivity index (χ0) is 16.6. The summed E-state index contributed by atoms with van der Waals surface area (Å²) in [5, 5.41) is 3.61. The first kappa shape index (κ1) is 15.1. The molecule has 5 nitrogen and oxygen atoms in total. The van der Waals surface area contributed by atoms with Crippen LogP contribution >= 0.6 is 11.3 Å². The molecule has 3 aromatic rings. The Hall–Kier alpha value is -2.79. The molecular formula is C15H9F2N3O2S. The Morgan fingerprint density at radius 3 is 2.91 bits per heavy atom. The van der Waals surface area contributed by atoms with E-state index in [1.807, 2.05) is 0 Å². The summed E-state index contributed by atoms with van der Waals surface area (Å²) in [6.45, 7) is 1.65. The summed E-state index contributed by atoms with van der Waals surface area (Å²) in [5.41, 5.74) is 0.638. The second-order valence-corrected chi connectivity index (χ2v) is 5.67. The number of carbonyl (C=O) groups is 1. The van der Waals surface area contributed by atoms with Crippen molar-refractivity contribution in [3.8, 4) is 12.3 Å². The molecule has 0 spiro atoms. The highest BCUT2D eigenvalue weighted by Crippen LogP contribution is 2.22. The molecule has 8 heteroatoms. The molecule has 2 heterocycles. The van der Waals surface area contributed by atoms with E-state index in [0.29, 0.717) is 10.4 Å². The third-order valence-electron chi connectivity index (χ3n) is 2.98. The summed E-state index contributed by atoms with van der Waals surface area (Å²) in [6.07, 6.45) is 5.29. The predicted molar refractivity (Wildman–Crippen MR) is 79.7 cm³/mol.